The second-order valence-electron chi connectivity index (χ2n) is 6.99. The molecule has 1 fully saturated rings. The summed E-state index contributed by atoms with van der Waals surface area (Å²) in [5.74, 6) is -0.304. The maximum Gasteiger partial charge on any atom is 0.335 e. The van der Waals surface area contributed by atoms with Crippen molar-refractivity contribution in [3.63, 3.8) is 0 Å². The number of alkyl halides is 1. The Morgan fingerprint density at radius 1 is 1.31 bits per heavy atom. The van der Waals surface area contributed by atoms with Gasteiger partial charge < -0.3 is 14.9 Å². The molecule has 6 heteroatoms. The van der Waals surface area contributed by atoms with E-state index in [0.717, 1.165) is 38.8 Å². The Labute approximate surface area is 160 Å². The van der Waals surface area contributed by atoms with Gasteiger partial charge in [0.2, 0.25) is 0 Å². The third kappa shape index (κ3) is 6.45. The number of carboxylic acid groups (broad SMARTS) is 1. The Kier molecular flexibility index (Phi) is 8.69. The summed E-state index contributed by atoms with van der Waals surface area (Å²) < 4.78 is 5.83. The molecular formula is C20H30ClNO4. The molecule has 2 N–H and O–H groups in total. The Bertz CT molecular complexity index is 551. The Hall–Kier alpha value is -1.30. The minimum absolute atomic E-state index is 0.0329. The van der Waals surface area contributed by atoms with Crippen LogP contribution >= 0.6 is 11.6 Å². The summed E-state index contributed by atoms with van der Waals surface area (Å²) in [6.45, 7) is 4.37. The van der Waals surface area contributed by atoms with Gasteiger partial charge in [-0.15, -0.1) is 11.6 Å². The molecule has 146 valence electrons. The Balaban J connectivity index is 1.79. The van der Waals surface area contributed by atoms with Gasteiger partial charge in [0.15, 0.2) is 0 Å². The van der Waals surface area contributed by atoms with E-state index in [-0.39, 0.29) is 23.1 Å². The van der Waals surface area contributed by atoms with E-state index in [1.54, 1.807) is 12.1 Å². The number of hydrogen-bond acceptors (Lipinski definition) is 4. The standard InChI is InChI=1S/C20H30ClNO4/c1-2-3-4-5-16(23)10-12-22-13-11-18(21)19(22)14-26-17-8-6-15(7-9-17)20(24)25/h6-9,16,18-19,23H,2-5,10-14H2,1H3,(H,24,25)/t16?,18-,19+/m1/s1. The van der Waals surface area contributed by atoms with Crippen molar-refractivity contribution >= 4 is 17.6 Å². The molecule has 0 aromatic heterocycles. The lowest BCUT2D eigenvalue weighted by Gasteiger charge is -2.27. The monoisotopic (exact) mass is 383 g/mol. The number of aliphatic hydroxyl groups is 1. The summed E-state index contributed by atoms with van der Waals surface area (Å²) in [6, 6.07) is 6.52. The fourth-order valence-corrected chi connectivity index (χ4v) is 3.66. The van der Waals surface area contributed by atoms with Crippen LogP contribution in [0.15, 0.2) is 24.3 Å². The molecule has 1 unspecified atom stereocenters. The lowest BCUT2D eigenvalue weighted by Crippen LogP contribution is -2.39. The normalized spacial score (nSPS) is 21.7. The van der Waals surface area contributed by atoms with Crippen LogP contribution in [0.2, 0.25) is 0 Å². The molecule has 1 heterocycles. The highest BCUT2D eigenvalue weighted by molar-refractivity contribution is 6.21. The predicted molar refractivity (Wildman–Crippen MR) is 103 cm³/mol. The topological polar surface area (TPSA) is 70.0 Å². The highest BCUT2D eigenvalue weighted by Gasteiger charge is 2.33. The van der Waals surface area contributed by atoms with E-state index in [1.807, 2.05) is 0 Å². The molecule has 0 aliphatic carbocycles. The van der Waals surface area contributed by atoms with Crippen LogP contribution in [0, 0.1) is 0 Å². The van der Waals surface area contributed by atoms with Crippen molar-refractivity contribution < 1.29 is 19.7 Å². The molecule has 3 atom stereocenters. The van der Waals surface area contributed by atoms with Gasteiger partial charge in [0.05, 0.1) is 23.1 Å². The zero-order chi connectivity index (χ0) is 18.9. The van der Waals surface area contributed by atoms with Gasteiger partial charge in [-0.05, 0) is 43.5 Å². The molecule has 1 aromatic carbocycles. The van der Waals surface area contributed by atoms with Gasteiger partial charge in [0, 0.05) is 13.1 Å². The van der Waals surface area contributed by atoms with Gasteiger partial charge in [0.25, 0.3) is 0 Å². The van der Waals surface area contributed by atoms with Crippen LogP contribution in [0.3, 0.4) is 0 Å². The lowest BCUT2D eigenvalue weighted by molar-refractivity contribution is 0.0696. The first-order valence-corrected chi connectivity index (χ1v) is 9.97. The quantitative estimate of drug-likeness (QED) is 0.449. The molecule has 1 aliphatic heterocycles. The van der Waals surface area contributed by atoms with Crippen LogP contribution in [0.4, 0.5) is 0 Å². The third-order valence-electron chi connectivity index (χ3n) is 4.99. The maximum absolute atomic E-state index is 10.9. The van der Waals surface area contributed by atoms with Crippen LogP contribution in [0.25, 0.3) is 0 Å². The van der Waals surface area contributed by atoms with Gasteiger partial charge in [-0.25, -0.2) is 4.79 Å². The molecule has 0 bridgehead atoms. The van der Waals surface area contributed by atoms with Crippen molar-refractivity contribution in [3.05, 3.63) is 29.8 Å². The average Bonchev–Trinajstić information content (AvgIpc) is 2.98. The van der Waals surface area contributed by atoms with Crippen LogP contribution in [-0.2, 0) is 0 Å². The molecule has 1 saturated heterocycles. The number of carboxylic acids is 1. The van der Waals surface area contributed by atoms with Crippen LogP contribution in [0.1, 0.15) is 55.8 Å². The van der Waals surface area contributed by atoms with E-state index in [2.05, 4.69) is 11.8 Å². The first-order valence-electron chi connectivity index (χ1n) is 9.53. The van der Waals surface area contributed by atoms with E-state index < -0.39 is 5.97 Å². The van der Waals surface area contributed by atoms with E-state index in [4.69, 9.17) is 21.4 Å². The summed E-state index contributed by atoms with van der Waals surface area (Å²) in [6.07, 6.45) is 5.70. The zero-order valence-electron chi connectivity index (χ0n) is 15.4. The number of hydrogen-bond donors (Lipinski definition) is 2. The van der Waals surface area contributed by atoms with Crippen molar-refractivity contribution in [2.75, 3.05) is 19.7 Å². The molecule has 1 aromatic rings. The predicted octanol–water partition coefficient (Wildman–Crippen LogP) is 3.78. The molecule has 0 spiro atoms. The maximum atomic E-state index is 10.9. The minimum Gasteiger partial charge on any atom is -0.492 e. The number of aliphatic hydroxyl groups excluding tert-OH is 1. The summed E-state index contributed by atoms with van der Waals surface area (Å²) >= 11 is 6.46. The van der Waals surface area contributed by atoms with Crippen molar-refractivity contribution in [2.24, 2.45) is 0 Å². The molecule has 1 aliphatic rings. The highest BCUT2D eigenvalue weighted by atomic mass is 35.5. The van der Waals surface area contributed by atoms with Gasteiger partial charge >= 0.3 is 5.97 Å². The van der Waals surface area contributed by atoms with Crippen LogP contribution in [0.5, 0.6) is 5.75 Å². The smallest absolute Gasteiger partial charge is 0.335 e. The van der Waals surface area contributed by atoms with Gasteiger partial charge in [-0.3, -0.25) is 4.90 Å². The van der Waals surface area contributed by atoms with Gasteiger partial charge in [0.1, 0.15) is 12.4 Å². The molecular weight excluding hydrogens is 354 g/mol. The Morgan fingerprint density at radius 2 is 2.04 bits per heavy atom. The minimum atomic E-state index is -0.947. The highest BCUT2D eigenvalue weighted by Crippen LogP contribution is 2.25. The van der Waals surface area contributed by atoms with Crippen LogP contribution < -0.4 is 4.74 Å². The van der Waals surface area contributed by atoms with E-state index in [1.165, 1.54) is 25.0 Å². The van der Waals surface area contributed by atoms with Crippen molar-refractivity contribution in [1.82, 2.24) is 4.90 Å². The lowest BCUT2D eigenvalue weighted by atomic mass is 10.1. The summed E-state index contributed by atoms with van der Waals surface area (Å²) in [5, 5.41) is 19.1. The first-order chi connectivity index (χ1) is 12.5. The number of rotatable bonds is 11. The number of aromatic carboxylic acids is 1. The first kappa shape index (κ1) is 21.0. The molecule has 0 saturated carbocycles. The molecule has 0 amide bonds. The zero-order valence-corrected chi connectivity index (χ0v) is 16.2. The second kappa shape index (κ2) is 10.8. The average molecular weight is 384 g/mol. The molecule has 5 nitrogen and oxygen atoms in total. The molecule has 2 rings (SSSR count). The summed E-state index contributed by atoms with van der Waals surface area (Å²) in [7, 11) is 0. The summed E-state index contributed by atoms with van der Waals surface area (Å²) in [5.41, 5.74) is 0.243. The number of ether oxygens (including phenoxy) is 1. The third-order valence-corrected chi connectivity index (χ3v) is 5.50. The fraction of sp³-hybridized carbons (Fsp3) is 0.650. The van der Waals surface area contributed by atoms with E-state index in [0.29, 0.717) is 12.4 Å². The van der Waals surface area contributed by atoms with E-state index in [9.17, 15) is 9.90 Å². The van der Waals surface area contributed by atoms with E-state index >= 15 is 0 Å². The van der Waals surface area contributed by atoms with Crippen molar-refractivity contribution in [1.29, 1.82) is 0 Å². The number of nitrogens with zero attached hydrogens (tertiary/aromatic N) is 1. The second-order valence-corrected chi connectivity index (χ2v) is 7.55. The van der Waals surface area contributed by atoms with Crippen molar-refractivity contribution in [2.45, 2.75) is 63.0 Å². The number of benzene rings is 1. The fourth-order valence-electron chi connectivity index (χ4n) is 3.33. The largest absolute Gasteiger partial charge is 0.492 e. The van der Waals surface area contributed by atoms with Crippen LogP contribution in [-0.4, -0.2) is 58.3 Å². The molecule has 26 heavy (non-hydrogen) atoms. The van der Waals surface area contributed by atoms with Gasteiger partial charge in [-0.1, -0.05) is 26.2 Å². The number of carbonyl (C=O) groups is 1. The Morgan fingerprint density at radius 3 is 2.69 bits per heavy atom. The molecule has 0 radical (unpaired) electrons. The van der Waals surface area contributed by atoms with Crippen molar-refractivity contribution in [3.8, 4) is 5.75 Å². The SMILES string of the molecule is CCCCCC(O)CCN1CC[C@@H](Cl)[C@@H]1COc1ccc(C(=O)O)cc1. The van der Waals surface area contributed by atoms with Gasteiger partial charge in [-0.2, -0.15) is 0 Å². The number of unbranched alkanes of at least 4 members (excludes halogenated alkanes) is 2. The number of likely N-dealkylation sites (tertiary alicyclic amines) is 1. The number of halogens is 1. The summed E-state index contributed by atoms with van der Waals surface area (Å²) in [4.78, 5) is 13.2.